The van der Waals surface area contributed by atoms with Crippen LogP contribution in [0.2, 0.25) is 0 Å². The number of Topliss-reactive ketones (excluding diaryl/α,β-unsaturated/α-hetero) is 1. The molecule has 0 saturated heterocycles. The molecule has 0 aliphatic carbocycles. The quantitative estimate of drug-likeness (QED) is 0.453. The second kappa shape index (κ2) is 7.48. The predicted octanol–water partition coefficient (Wildman–Crippen LogP) is 3.03. The van der Waals surface area contributed by atoms with Gasteiger partial charge in [0, 0.05) is 14.0 Å². The summed E-state index contributed by atoms with van der Waals surface area (Å²) in [4.78, 5) is 15.1. The Bertz CT molecular complexity index is 218. The summed E-state index contributed by atoms with van der Waals surface area (Å²) in [5, 5.41) is 0. The Morgan fingerprint density at radius 2 is 2.21 bits per heavy atom. The molecule has 1 atom stereocenters. The molecule has 0 radical (unpaired) electrons. The second-order valence-corrected chi connectivity index (χ2v) is 3.57. The van der Waals surface area contributed by atoms with Gasteiger partial charge in [-0.1, -0.05) is 25.8 Å². The molecule has 0 saturated carbocycles. The Morgan fingerprint density at radius 3 is 2.57 bits per heavy atom. The molecule has 0 aromatic rings. The summed E-state index contributed by atoms with van der Waals surface area (Å²) < 4.78 is 0. The molecule has 2 heteroatoms. The number of carbonyl (C=O) groups is 1. The maximum atomic E-state index is 11.1. The zero-order valence-electron chi connectivity index (χ0n) is 9.55. The van der Waals surface area contributed by atoms with E-state index in [0.29, 0.717) is 11.6 Å². The molecule has 0 amide bonds. The van der Waals surface area contributed by atoms with Crippen LogP contribution in [0.15, 0.2) is 17.6 Å². The zero-order valence-corrected chi connectivity index (χ0v) is 9.55. The van der Waals surface area contributed by atoms with Gasteiger partial charge < -0.3 is 0 Å². The first-order chi connectivity index (χ1) is 6.65. The van der Waals surface area contributed by atoms with Gasteiger partial charge in [0.15, 0.2) is 5.78 Å². The lowest BCUT2D eigenvalue weighted by atomic mass is 9.95. The number of nitrogens with zero attached hydrogens (tertiary/aromatic N) is 1. The van der Waals surface area contributed by atoms with Gasteiger partial charge in [-0.05, 0) is 18.8 Å². The molecule has 14 heavy (non-hydrogen) atoms. The van der Waals surface area contributed by atoms with Gasteiger partial charge in [-0.3, -0.25) is 9.79 Å². The lowest BCUT2D eigenvalue weighted by molar-refractivity contribution is -0.111. The van der Waals surface area contributed by atoms with Crippen LogP contribution in [0.3, 0.4) is 0 Å². The molecule has 0 fully saturated rings. The van der Waals surface area contributed by atoms with E-state index >= 15 is 0 Å². The highest BCUT2D eigenvalue weighted by atomic mass is 16.1. The van der Waals surface area contributed by atoms with Crippen LogP contribution in [0.4, 0.5) is 0 Å². The van der Waals surface area contributed by atoms with Crippen molar-refractivity contribution in [2.75, 3.05) is 7.05 Å². The van der Waals surface area contributed by atoms with Gasteiger partial charge in [-0.15, -0.1) is 6.58 Å². The standard InChI is InChI=1S/C12H21NO/c1-5-7-8-11(6-2)9-12(13-4)10(3)14/h6,11H,2,5,7-9H2,1,3-4H3/b13-12+. The van der Waals surface area contributed by atoms with Crippen molar-refractivity contribution in [1.82, 2.24) is 0 Å². The summed E-state index contributed by atoms with van der Waals surface area (Å²) in [6, 6.07) is 0. The highest BCUT2D eigenvalue weighted by molar-refractivity contribution is 6.39. The van der Waals surface area contributed by atoms with E-state index in [-0.39, 0.29) is 5.78 Å². The van der Waals surface area contributed by atoms with E-state index in [4.69, 9.17) is 0 Å². The third-order valence-electron chi connectivity index (χ3n) is 2.39. The minimum absolute atomic E-state index is 0.0795. The Hall–Kier alpha value is -0.920. The Kier molecular flexibility index (Phi) is 6.99. The molecule has 1 unspecified atom stereocenters. The number of hydrogen-bond donors (Lipinski definition) is 0. The first kappa shape index (κ1) is 13.1. The summed E-state index contributed by atoms with van der Waals surface area (Å²) in [5.41, 5.74) is 0.686. The number of unbranched alkanes of at least 4 members (excludes halogenated alkanes) is 1. The molecule has 0 rings (SSSR count). The number of ketones is 1. The van der Waals surface area contributed by atoms with Crippen molar-refractivity contribution >= 4 is 11.5 Å². The fourth-order valence-corrected chi connectivity index (χ4v) is 1.41. The van der Waals surface area contributed by atoms with E-state index in [9.17, 15) is 4.79 Å². The van der Waals surface area contributed by atoms with E-state index in [1.54, 1.807) is 14.0 Å². The van der Waals surface area contributed by atoms with E-state index in [0.717, 1.165) is 12.8 Å². The molecule has 2 nitrogen and oxygen atoms in total. The normalized spacial score (nSPS) is 13.8. The zero-order chi connectivity index (χ0) is 11.0. The van der Waals surface area contributed by atoms with E-state index in [1.807, 2.05) is 6.08 Å². The van der Waals surface area contributed by atoms with Crippen LogP contribution < -0.4 is 0 Å². The first-order valence-electron chi connectivity index (χ1n) is 5.24. The summed E-state index contributed by atoms with van der Waals surface area (Å²) in [6.07, 6.45) is 6.15. The summed E-state index contributed by atoms with van der Waals surface area (Å²) in [7, 11) is 1.68. The fraction of sp³-hybridized carbons (Fsp3) is 0.667. The van der Waals surface area contributed by atoms with Crippen molar-refractivity contribution in [3.05, 3.63) is 12.7 Å². The van der Waals surface area contributed by atoms with Crippen molar-refractivity contribution in [3.63, 3.8) is 0 Å². The minimum Gasteiger partial charge on any atom is -0.293 e. The third-order valence-corrected chi connectivity index (χ3v) is 2.39. The van der Waals surface area contributed by atoms with Gasteiger partial charge in [0.1, 0.15) is 0 Å². The maximum Gasteiger partial charge on any atom is 0.173 e. The maximum absolute atomic E-state index is 11.1. The summed E-state index contributed by atoms with van der Waals surface area (Å²) in [5.74, 6) is 0.480. The number of hydrogen-bond acceptors (Lipinski definition) is 2. The van der Waals surface area contributed by atoms with Crippen LogP contribution in [0.5, 0.6) is 0 Å². The molecule has 80 valence electrons. The smallest absolute Gasteiger partial charge is 0.173 e. The van der Waals surface area contributed by atoms with Crippen LogP contribution in [0, 0.1) is 5.92 Å². The van der Waals surface area contributed by atoms with Crippen LogP contribution in [-0.4, -0.2) is 18.5 Å². The van der Waals surface area contributed by atoms with E-state index in [1.165, 1.54) is 12.8 Å². The van der Waals surface area contributed by atoms with Gasteiger partial charge in [0.2, 0.25) is 0 Å². The van der Waals surface area contributed by atoms with E-state index < -0.39 is 0 Å². The lowest BCUT2D eigenvalue weighted by Gasteiger charge is -2.11. The number of carbonyl (C=O) groups excluding carboxylic acids is 1. The number of rotatable bonds is 7. The first-order valence-corrected chi connectivity index (χ1v) is 5.24. The highest BCUT2D eigenvalue weighted by Crippen LogP contribution is 2.14. The van der Waals surface area contributed by atoms with Crippen molar-refractivity contribution in [3.8, 4) is 0 Å². The molecule has 0 bridgehead atoms. The number of aliphatic imine (C=N–C) groups is 1. The Labute approximate surface area is 87.1 Å². The largest absolute Gasteiger partial charge is 0.293 e. The van der Waals surface area contributed by atoms with E-state index in [2.05, 4.69) is 18.5 Å². The molecule has 0 aliphatic heterocycles. The minimum atomic E-state index is 0.0795. The van der Waals surface area contributed by atoms with Crippen LogP contribution in [0.25, 0.3) is 0 Å². The summed E-state index contributed by atoms with van der Waals surface area (Å²) >= 11 is 0. The lowest BCUT2D eigenvalue weighted by Crippen LogP contribution is -2.14. The van der Waals surface area contributed by atoms with Crippen molar-refractivity contribution in [2.45, 2.75) is 39.5 Å². The van der Waals surface area contributed by atoms with Crippen LogP contribution in [-0.2, 0) is 4.79 Å². The molecule has 0 aromatic heterocycles. The molecule has 0 aliphatic rings. The highest BCUT2D eigenvalue weighted by Gasteiger charge is 2.11. The fourth-order valence-electron chi connectivity index (χ4n) is 1.41. The number of allylic oxidation sites excluding steroid dienone is 1. The molecular formula is C12H21NO. The van der Waals surface area contributed by atoms with Gasteiger partial charge in [0.05, 0.1) is 5.71 Å². The average Bonchev–Trinajstić information content (AvgIpc) is 2.18. The SMILES string of the molecule is C=CC(CCCC)C/C(=N\C)C(C)=O. The molecule has 0 spiro atoms. The van der Waals surface area contributed by atoms with Gasteiger partial charge in [0.25, 0.3) is 0 Å². The van der Waals surface area contributed by atoms with Crippen molar-refractivity contribution < 1.29 is 4.79 Å². The predicted molar refractivity (Wildman–Crippen MR) is 61.9 cm³/mol. The molecule has 0 aromatic carbocycles. The summed E-state index contributed by atoms with van der Waals surface area (Å²) in [6.45, 7) is 7.53. The average molecular weight is 195 g/mol. The molecule has 0 N–H and O–H groups in total. The van der Waals surface area contributed by atoms with Crippen molar-refractivity contribution in [2.24, 2.45) is 10.9 Å². The third kappa shape index (κ3) is 4.95. The second-order valence-electron chi connectivity index (χ2n) is 3.57. The van der Waals surface area contributed by atoms with Crippen LogP contribution >= 0.6 is 0 Å². The van der Waals surface area contributed by atoms with Crippen LogP contribution in [0.1, 0.15) is 39.5 Å². The molecular weight excluding hydrogens is 174 g/mol. The van der Waals surface area contributed by atoms with Gasteiger partial charge in [-0.25, -0.2) is 0 Å². The van der Waals surface area contributed by atoms with Gasteiger partial charge in [-0.2, -0.15) is 0 Å². The Balaban J connectivity index is 4.15. The topological polar surface area (TPSA) is 29.4 Å². The monoisotopic (exact) mass is 195 g/mol. The Morgan fingerprint density at radius 1 is 1.57 bits per heavy atom. The van der Waals surface area contributed by atoms with Gasteiger partial charge >= 0.3 is 0 Å². The van der Waals surface area contributed by atoms with Crippen molar-refractivity contribution in [1.29, 1.82) is 0 Å². The molecule has 0 heterocycles.